The number of fused-ring (bicyclic) bond motifs is 1. The van der Waals surface area contributed by atoms with Crippen LogP contribution < -0.4 is 10.6 Å². The van der Waals surface area contributed by atoms with Crippen molar-refractivity contribution in [2.45, 2.75) is 27.2 Å². The van der Waals surface area contributed by atoms with Crippen LogP contribution in [-0.4, -0.2) is 60.4 Å². The van der Waals surface area contributed by atoms with Crippen LogP contribution in [0.2, 0.25) is 0 Å². The summed E-state index contributed by atoms with van der Waals surface area (Å²) in [6.07, 6.45) is 11.9. The molecule has 0 fully saturated rings. The van der Waals surface area contributed by atoms with Crippen LogP contribution in [0.15, 0.2) is 57.2 Å². The maximum absolute atomic E-state index is 12.2. The number of alkyl halides is 1. The number of amidine groups is 1. The number of carbonyl (C=O) groups excluding carboxylic acids is 2. The monoisotopic (exact) mass is 455 g/mol. The first-order valence-corrected chi connectivity index (χ1v) is 11.0. The van der Waals surface area contributed by atoms with Gasteiger partial charge in [0.1, 0.15) is 0 Å². The Kier molecular flexibility index (Phi) is 9.63. The van der Waals surface area contributed by atoms with Gasteiger partial charge >= 0.3 is 6.03 Å². The molecule has 2 rings (SSSR count). The van der Waals surface area contributed by atoms with E-state index in [1.165, 1.54) is 0 Å². The summed E-state index contributed by atoms with van der Waals surface area (Å²) in [5.41, 5.74) is 4.24. The molecule has 170 valence electrons. The smallest absolute Gasteiger partial charge is 0.325 e. The number of carbonyl (C=O) groups is 2. The van der Waals surface area contributed by atoms with Crippen molar-refractivity contribution < 1.29 is 9.59 Å². The standard InChI is InChI=1S/C24H30ClN5O2/c1-6-8-19(17(4)9-10-25)14-26-11-12-30-20(13-18(5)16(3)7-2)15-27-21-22(30)28-24(32)29-23(21)31/h1,7,9,13,19,26H,2,8,10-12,14-15H2,3-5H3,(H,29,31,32)/b17-9-,18-16-,20-13+. The third kappa shape index (κ3) is 6.52. The van der Waals surface area contributed by atoms with Crippen molar-refractivity contribution >= 4 is 35.1 Å². The lowest BCUT2D eigenvalue weighted by Gasteiger charge is -2.33. The van der Waals surface area contributed by atoms with Crippen LogP contribution >= 0.6 is 11.6 Å². The fourth-order valence-electron chi connectivity index (χ4n) is 3.34. The van der Waals surface area contributed by atoms with E-state index in [0.29, 0.717) is 38.5 Å². The molecule has 7 nitrogen and oxygen atoms in total. The van der Waals surface area contributed by atoms with E-state index in [9.17, 15) is 9.59 Å². The molecular weight excluding hydrogens is 426 g/mol. The molecule has 2 heterocycles. The number of hydrogen-bond donors (Lipinski definition) is 2. The van der Waals surface area contributed by atoms with Crippen LogP contribution in [0.5, 0.6) is 0 Å². The van der Waals surface area contributed by atoms with E-state index < -0.39 is 11.9 Å². The SMILES string of the molecule is C#CCC(CNCCN1C2=NC(=O)NC(=O)C2=NC/C1=C\C(C)=C(\C)C=C)/C(C)=C\CCl. The second-order valence-corrected chi connectivity index (χ2v) is 7.94. The summed E-state index contributed by atoms with van der Waals surface area (Å²) >= 11 is 5.83. The highest BCUT2D eigenvalue weighted by Crippen LogP contribution is 2.19. The molecule has 32 heavy (non-hydrogen) atoms. The number of rotatable bonds is 10. The average molecular weight is 456 g/mol. The molecule has 0 aromatic heterocycles. The Bertz CT molecular complexity index is 965. The molecule has 0 aromatic carbocycles. The zero-order valence-electron chi connectivity index (χ0n) is 18.9. The molecule has 2 aliphatic heterocycles. The van der Waals surface area contributed by atoms with Gasteiger partial charge in [-0.15, -0.1) is 23.9 Å². The van der Waals surface area contributed by atoms with Gasteiger partial charge in [-0.2, -0.15) is 4.99 Å². The van der Waals surface area contributed by atoms with Gasteiger partial charge in [0.15, 0.2) is 11.5 Å². The molecule has 8 heteroatoms. The van der Waals surface area contributed by atoms with Gasteiger partial charge in [-0.25, -0.2) is 4.79 Å². The van der Waals surface area contributed by atoms with Gasteiger partial charge in [-0.1, -0.05) is 24.3 Å². The number of allylic oxidation sites excluding steroid dienone is 5. The summed E-state index contributed by atoms with van der Waals surface area (Å²) < 4.78 is 0. The molecule has 1 atom stereocenters. The van der Waals surface area contributed by atoms with Crippen LogP contribution in [-0.2, 0) is 4.79 Å². The predicted octanol–water partition coefficient (Wildman–Crippen LogP) is 3.21. The number of terminal acetylenes is 1. The van der Waals surface area contributed by atoms with E-state index in [2.05, 4.69) is 33.1 Å². The largest absolute Gasteiger partial charge is 0.349 e. The number of nitrogens with one attached hydrogen (secondary N) is 2. The van der Waals surface area contributed by atoms with Crippen molar-refractivity contribution in [3.63, 3.8) is 0 Å². The molecule has 0 saturated heterocycles. The Labute approximate surface area is 195 Å². The summed E-state index contributed by atoms with van der Waals surface area (Å²) in [7, 11) is 0. The van der Waals surface area contributed by atoms with Crippen molar-refractivity contribution in [2.24, 2.45) is 15.9 Å². The van der Waals surface area contributed by atoms with E-state index in [1.807, 2.05) is 37.8 Å². The van der Waals surface area contributed by atoms with Crippen LogP contribution in [0.4, 0.5) is 4.79 Å². The zero-order valence-corrected chi connectivity index (χ0v) is 19.6. The summed E-state index contributed by atoms with van der Waals surface area (Å²) in [5.74, 6) is 3.10. The minimum atomic E-state index is -0.686. The molecule has 0 spiro atoms. The zero-order chi connectivity index (χ0) is 23.7. The number of hydrogen-bond acceptors (Lipinski definition) is 5. The highest BCUT2D eigenvalue weighted by molar-refractivity contribution is 6.69. The number of amides is 3. The van der Waals surface area contributed by atoms with Gasteiger partial charge in [0, 0.05) is 43.6 Å². The molecule has 1 unspecified atom stereocenters. The molecule has 0 aromatic rings. The Morgan fingerprint density at radius 2 is 2.12 bits per heavy atom. The minimum Gasteiger partial charge on any atom is -0.325 e. The summed E-state index contributed by atoms with van der Waals surface area (Å²) in [4.78, 5) is 34.4. The molecule has 0 saturated carbocycles. The highest BCUT2D eigenvalue weighted by atomic mass is 35.5. The Hall–Kier alpha value is -2.95. The minimum absolute atomic E-state index is 0.176. The van der Waals surface area contributed by atoms with Crippen molar-refractivity contribution in [2.75, 3.05) is 32.1 Å². The summed E-state index contributed by atoms with van der Waals surface area (Å²) in [6.45, 7) is 11.9. The van der Waals surface area contributed by atoms with Crippen LogP contribution in [0.3, 0.4) is 0 Å². The van der Waals surface area contributed by atoms with Crippen molar-refractivity contribution in [3.05, 3.63) is 47.2 Å². The first-order valence-electron chi connectivity index (χ1n) is 10.5. The number of halogens is 1. The Morgan fingerprint density at radius 3 is 2.78 bits per heavy atom. The molecule has 2 N–H and O–H groups in total. The number of aliphatic imine (C=N–C) groups is 2. The van der Waals surface area contributed by atoms with Gasteiger partial charge in [0.05, 0.1) is 6.54 Å². The van der Waals surface area contributed by atoms with Crippen LogP contribution in [0, 0.1) is 18.3 Å². The Morgan fingerprint density at radius 1 is 1.38 bits per heavy atom. The molecule has 0 bridgehead atoms. The van der Waals surface area contributed by atoms with Gasteiger partial charge in [0.2, 0.25) is 0 Å². The van der Waals surface area contributed by atoms with Gasteiger partial charge < -0.3 is 10.2 Å². The van der Waals surface area contributed by atoms with E-state index in [-0.39, 0.29) is 17.5 Å². The first kappa shape index (κ1) is 25.3. The quantitative estimate of drug-likeness (QED) is 0.174. The number of imide groups is 1. The number of nitrogens with zero attached hydrogens (tertiary/aromatic N) is 3. The van der Waals surface area contributed by atoms with Crippen molar-refractivity contribution in [1.82, 2.24) is 15.5 Å². The molecule has 2 aliphatic rings. The second-order valence-electron chi connectivity index (χ2n) is 7.63. The summed E-state index contributed by atoms with van der Waals surface area (Å²) in [6, 6.07) is -0.686. The van der Waals surface area contributed by atoms with Crippen molar-refractivity contribution in [3.8, 4) is 12.3 Å². The van der Waals surface area contributed by atoms with E-state index in [0.717, 1.165) is 22.4 Å². The van der Waals surface area contributed by atoms with Crippen LogP contribution in [0.1, 0.15) is 27.2 Å². The van der Waals surface area contributed by atoms with Gasteiger partial charge in [0.25, 0.3) is 5.91 Å². The lowest BCUT2D eigenvalue weighted by atomic mass is 9.97. The molecule has 0 radical (unpaired) electrons. The molecule has 3 amide bonds. The second kappa shape index (κ2) is 12.2. The van der Waals surface area contributed by atoms with E-state index in [4.69, 9.17) is 18.0 Å². The fraction of sp³-hybridized carbons (Fsp3) is 0.417. The van der Waals surface area contributed by atoms with Gasteiger partial charge in [-0.05, 0) is 38.0 Å². The fourth-order valence-corrected chi connectivity index (χ4v) is 3.58. The third-order valence-electron chi connectivity index (χ3n) is 5.48. The third-order valence-corrected chi connectivity index (χ3v) is 5.63. The molecular formula is C24H30ClN5O2. The lowest BCUT2D eigenvalue weighted by Crippen LogP contribution is -2.53. The average Bonchev–Trinajstić information content (AvgIpc) is 2.76. The van der Waals surface area contributed by atoms with Gasteiger partial charge in [-0.3, -0.25) is 15.1 Å². The van der Waals surface area contributed by atoms with E-state index >= 15 is 0 Å². The highest BCUT2D eigenvalue weighted by Gasteiger charge is 2.34. The maximum Gasteiger partial charge on any atom is 0.349 e. The van der Waals surface area contributed by atoms with Crippen molar-refractivity contribution in [1.29, 1.82) is 0 Å². The number of urea groups is 1. The molecule has 0 aliphatic carbocycles. The summed E-state index contributed by atoms with van der Waals surface area (Å²) in [5, 5.41) is 5.61. The predicted molar refractivity (Wildman–Crippen MR) is 131 cm³/mol. The first-order chi connectivity index (χ1) is 15.3. The maximum atomic E-state index is 12.2. The lowest BCUT2D eigenvalue weighted by molar-refractivity contribution is -0.113. The Balaban J connectivity index is 2.22. The van der Waals surface area contributed by atoms with E-state index in [1.54, 1.807) is 6.08 Å². The van der Waals surface area contributed by atoms with Crippen LogP contribution in [0.25, 0.3) is 0 Å². The topological polar surface area (TPSA) is 86.2 Å². The normalized spacial score (nSPS) is 19.4.